The largest absolute Gasteiger partial charge is 0.368 e. The lowest BCUT2D eigenvalue weighted by Crippen LogP contribution is -2.46. The maximum Gasteiger partial charge on any atom is 0.279 e. The third kappa shape index (κ3) is 5.75. The molecule has 0 atom stereocenters. The van der Waals surface area contributed by atoms with E-state index >= 15 is 0 Å². The molecule has 1 saturated heterocycles. The second-order valence-corrected chi connectivity index (χ2v) is 8.28. The highest BCUT2D eigenvalue weighted by Gasteiger charge is 2.19. The molecule has 32 heavy (non-hydrogen) atoms. The first-order chi connectivity index (χ1) is 15.1. The summed E-state index contributed by atoms with van der Waals surface area (Å²) in [6, 6.07) is 15.8. The van der Waals surface area contributed by atoms with Gasteiger partial charge in [0.1, 0.15) is 0 Å². The Kier molecular flexibility index (Phi) is 8.82. The molecule has 1 aliphatic rings. The smallest absolute Gasteiger partial charge is 0.279 e. The number of amides is 1. The SMILES string of the molecule is CN(OCCCCN1CCN(c2ccccc2Cl)CC1)C(=O)c1c[nH]c2ccccc12.Cl. The fourth-order valence-corrected chi connectivity index (χ4v) is 4.29. The molecule has 6 nitrogen and oxygen atoms in total. The number of rotatable bonds is 8. The minimum atomic E-state index is -0.131. The van der Waals surface area contributed by atoms with E-state index in [4.69, 9.17) is 16.4 Å². The molecule has 1 N–H and O–H groups in total. The second kappa shape index (κ2) is 11.6. The minimum absolute atomic E-state index is 0. The summed E-state index contributed by atoms with van der Waals surface area (Å²) in [5.41, 5.74) is 2.71. The molecule has 0 saturated carbocycles. The molecule has 2 heterocycles. The molecule has 1 aromatic heterocycles. The Morgan fingerprint density at radius 2 is 1.78 bits per heavy atom. The molecule has 2 aromatic carbocycles. The lowest BCUT2D eigenvalue weighted by molar-refractivity contribution is -0.106. The van der Waals surface area contributed by atoms with Gasteiger partial charge in [-0.25, -0.2) is 5.06 Å². The number of para-hydroxylation sites is 2. The number of benzene rings is 2. The van der Waals surface area contributed by atoms with Crippen molar-refractivity contribution in [3.8, 4) is 0 Å². The minimum Gasteiger partial charge on any atom is -0.368 e. The van der Waals surface area contributed by atoms with Crippen molar-refractivity contribution >= 4 is 46.5 Å². The lowest BCUT2D eigenvalue weighted by Gasteiger charge is -2.36. The van der Waals surface area contributed by atoms with E-state index in [9.17, 15) is 4.79 Å². The van der Waals surface area contributed by atoms with Crippen LogP contribution in [0.4, 0.5) is 5.69 Å². The zero-order chi connectivity index (χ0) is 21.6. The highest BCUT2D eigenvalue weighted by Crippen LogP contribution is 2.26. The van der Waals surface area contributed by atoms with Crippen LogP contribution in [0.15, 0.2) is 54.7 Å². The molecular formula is C24H30Cl2N4O2. The molecule has 1 aliphatic heterocycles. The summed E-state index contributed by atoms with van der Waals surface area (Å²) in [6.45, 7) is 5.62. The lowest BCUT2D eigenvalue weighted by atomic mass is 10.1. The van der Waals surface area contributed by atoms with E-state index in [0.29, 0.717) is 12.2 Å². The summed E-state index contributed by atoms with van der Waals surface area (Å²) in [7, 11) is 1.68. The van der Waals surface area contributed by atoms with Crippen LogP contribution in [-0.2, 0) is 4.84 Å². The molecule has 0 spiro atoms. The Balaban J connectivity index is 0.00000289. The number of piperazine rings is 1. The number of nitrogens with one attached hydrogen (secondary N) is 1. The number of carbonyl (C=O) groups is 1. The van der Waals surface area contributed by atoms with Crippen LogP contribution in [0.2, 0.25) is 5.02 Å². The quantitative estimate of drug-likeness (QED) is 0.372. The molecule has 1 fully saturated rings. The molecule has 0 bridgehead atoms. The van der Waals surface area contributed by atoms with Gasteiger partial charge in [0.2, 0.25) is 0 Å². The maximum atomic E-state index is 12.7. The number of fused-ring (bicyclic) bond motifs is 1. The number of aromatic nitrogens is 1. The van der Waals surface area contributed by atoms with Gasteiger partial charge in [0.15, 0.2) is 0 Å². The molecule has 172 valence electrons. The Morgan fingerprint density at radius 3 is 2.56 bits per heavy atom. The van der Waals surface area contributed by atoms with Crippen molar-refractivity contribution < 1.29 is 9.63 Å². The first kappa shape index (κ1) is 24.4. The summed E-state index contributed by atoms with van der Waals surface area (Å²) in [5, 5.41) is 3.08. The number of hydrogen-bond acceptors (Lipinski definition) is 4. The highest BCUT2D eigenvalue weighted by atomic mass is 35.5. The number of halogens is 2. The molecule has 4 rings (SSSR count). The van der Waals surface area contributed by atoms with Crippen LogP contribution in [0, 0.1) is 0 Å². The maximum absolute atomic E-state index is 12.7. The zero-order valence-electron chi connectivity index (χ0n) is 18.3. The summed E-state index contributed by atoms with van der Waals surface area (Å²) < 4.78 is 0. The molecule has 0 aliphatic carbocycles. The van der Waals surface area contributed by atoms with Crippen molar-refractivity contribution in [1.82, 2.24) is 14.9 Å². The normalized spacial score (nSPS) is 14.4. The predicted molar refractivity (Wildman–Crippen MR) is 133 cm³/mol. The van der Waals surface area contributed by atoms with E-state index < -0.39 is 0 Å². The number of carbonyl (C=O) groups excluding carboxylic acids is 1. The monoisotopic (exact) mass is 476 g/mol. The molecule has 0 radical (unpaired) electrons. The highest BCUT2D eigenvalue weighted by molar-refractivity contribution is 6.33. The second-order valence-electron chi connectivity index (χ2n) is 7.87. The molecule has 3 aromatic rings. The number of H-pyrrole nitrogens is 1. The number of hydrogen-bond donors (Lipinski definition) is 1. The number of hydroxylamine groups is 2. The Bertz CT molecular complexity index is 1020. The summed E-state index contributed by atoms with van der Waals surface area (Å²) in [4.78, 5) is 26.3. The molecule has 1 amide bonds. The van der Waals surface area contributed by atoms with Crippen molar-refractivity contribution in [2.45, 2.75) is 12.8 Å². The van der Waals surface area contributed by atoms with Crippen LogP contribution in [0.25, 0.3) is 10.9 Å². The average molecular weight is 477 g/mol. The third-order valence-electron chi connectivity index (χ3n) is 5.82. The van der Waals surface area contributed by atoms with Crippen LogP contribution in [-0.4, -0.2) is 67.2 Å². The van der Waals surface area contributed by atoms with Crippen molar-refractivity contribution in [3.63, 3.8) is 0 Å². The number of anilines is 1. The van der Waals surface area contributed by atoms with Gasteiger partial charge in [-0.3, -0.25) is 14.5 Å². The van der Waals surface area contributed by atoms with Gasteiger partial charge in [-0.05, 0) is 37.6 Å². The fraction of sp³-hybridized carbons (Fsp3) is 0.375. The molecule has 8 heteroatoms. The number of aromatic amines is 1. The summed E-state index contributed by atoms with van der Waals surface area (Å²) >= 11 is 6.32. The van der Waals surface area contributed by atoms with E-state index in [-0.39, 0.29) is 18.3 Å². The van der Waals surface area contributed by atoms with E-state index in [1.54, 1.807) is 13.2 Å². The van der Waals surface area contributed by atoms with Crippen molar-refractivity contribution in [1.29, 1.82) is 0 Å². The average Bonchev–Trinajstić information content (AvgIpc) is 3.23. The topological polar surface area (TPSA) is 51.8 Å². The molecule has 0 unspecified atom stereocenters. The summed E-state index contributed by atoms with van der Waals surface area (Å²) in [6.07, 6.45) is 3.70. The van der Waals surface area contributed by atoms with Crippen molar-refractivity contribution in [2.24, 2.45) is 0 Å². The Hall–Kier alpha value is -2.25. The predicted octanol–water partition coefficient (Wildman–Crippen LogP) is 4.85. The van der Waals surface area contributed by atoms with E-state index in [1.165, 1.54) is 5.06 Å². The fourth-order valence-electron chi connectivity index (χ4n) is 4.04. The van der Waals surface area contributed by atoms with Crippen LogP contribution in [0.5, 0.6) is 0 Å². The van der Waals surface area contributed by atoms with Crippen LogP contribution in [0.3, 0.4) is 0 Å². The third-order valence-corrected chi connectivity index (χ3v) is 6.14. The zero-order valence-corrected chi connectivity index (χ0v) is 19.9. The number of nitrogens with zero attached hydrogens (tertiary/aromatic N) is 3. The van der Waals surface area contributed by atoms with E-state index in [1.807, 2.05) is 42.5 Å². The van der Waals surface area contributed by atoms with E-state index in [0.717, 1.165) is 67.2 Å². The molecular weight excluding hydrogens is 447 g/mol. The van der Waals surface area contributed by atoms with Gasteiger partial charge in [-0.1, -0.05) is 41.9 Å². The Labute approximate surface area is 200 Å². The van der Waals surface area contributed by atoms with Crippen LogP contribution < -0.4 is 4.90 Å². The van der Waals surface area contributed by atoms with Crippen LogP contribution in [0.1, 0.15) is 23.2 Å². The first-order valence-electron chi connectivity index (χ1n) is 10.8. The van der Waals surface area contributed by atoms with Gasteiger partial charge >= 0.3 is 0 Å². The van der Waals surface area contributed by atoms with Gasteiger partial charge in [0.25, 0.3) is 5.91 Å². The Morgan fingerprint density at radius 1 is 1.06 bits per heavy atom. The van der Waals surface area contributed by atoms with Gasteiger partial charge in [0, 0.05) is 50.3 Å². The van der Waals surface area contributed by atoms with Gasteiger partial charge in [-0.2, -0.15) is 0 Å². The summed E-state index contributed by atoms with van der Waals surface area (Å²) in [5.74, 6) is -0.131. The van der Waals surface area contributed by atoms with Crippen molar-refractivity contribution in [2.75, 3.05) is 51.3 Å². The van der Waals surface area contributed by atoms with Gasteiger partial charge in [-0.15, -0.1) is 12.4 Å². The van der Waals surface area contributed by atoms with Crippen LogP contribution >= 0.6 is 24.0 Å². The standard InChI is InChI=1S/C24H29ClN4O2.ClH/c1-27(24(30)20-18-26-22-10-4-2-8-19(20)22)31-17-7-6-12-28-13-15-29(16-14-28)23-11-5-3-9-21(23)25;/h2-5,8-11,18,26H,6-7,12-17H2,1H3;1H. The van der Waals surface area contributed by atoms with Gasteiger partial charge < -0.3 is 9.88 Å². The van der Waals surface area contributed by atoms with Crippen molar-refractivity contribution in [3.05, 3.63) is 65.3 Å². The number of unbranched alkanes of at least 4 members (excludes halogenated alkanes) is 1. The van der Waals surface area contributed by atoms with Gasteiger partial charge in [0.05, 0.1) is 22.9 Å². The first-order valence-corrected chi connectivity index (χ1v) is 11.2. The van der Waals surface area contributed by atoms with E-state index in [2.05, 4.69) is 20.9 Å².